The number of benzene rings is 2. The SMILES string of the molecule is CCOc1cccc(Cn2c(=S)[nH]c3ccccc3c2=O)c1. The van der Waals surface area contributed by atoms with Crippen LogP contribution in [-0.2, 0) is 6.54 Å². The number of H-pyrrole nitrogens is 1. The number of nitrogens with zero attached hydrogens (tertiary/aromatic N) is 1. The number of para-hydroxylation sites is 1. The van der Waals surface area contributed by atoms with E-state index < -0.39 is 0 Å². The van der Waals surface area contributed by atoms with E-state index in [1.807, 2.05) is 49.4 Å². The molecular formula is C17H16N2O2S. The third-order valence-corrected chi connectivity index (χ3v) is 3.76. The average molecular weight is 312 g/mol. The average Bonchev–Trinajstić information content (AvgIpc) is 2.52. The van der Waals surface area contributed by atoms with Crippen LogP contribution in [0.1, 0.15) is 12.5 Å². The molecule has 5 heteroatoms. The van der Waals surface area contributed by atoms with Crippen LogP contribution in [-0.4, -0.2) is 16.2 Å². The lowest BCUT2D eigenvalue weighted by Gasteiger charge is -2.10. The van der Waals surface area contributed by atoms with Gasteiger partial charge in [-0.2, -0.15) is 0 Å². The number of fused-ring (bicyclic) bond motifs is 1. The highest BCUT2D eigenvalue weighted by molar-refractivity contribution is 7.71. The minimum absolute atomic E-state index is 0.0823. The summed E-state index contributed by atoms with van der Waals surface area (Å²) in [5.74, 6) is 0.795. The third-order valence-electron chi connectivity index (χ3n) is 3.44. The molecule has 112 valence electrons. The van der Waals surface area contributed by atoms with Crippen molar-refractivity contribution in [2.75, 3.05) is 6.61 Å². The second-order valence-corrected chi connectivity index (χ2v) is 5.33. The first kappa shape index (κ1) is 14.5. The van der Waals surface area contributed by atoms with E-state index in [9.17, 15) is 4.79 Å². The van der Waals surface area contributed by atoms with Gasteiger partial charge in [-0.25, -0.2) is 0 Å². The fraction of sp³-hybridized carbons (Fsp3) is 0.176. The Morgan fingerprint density at radius 3 is 2.82 bits per heavy atom. The lowest BCUT2D eigenvalue weighted by molar-refractivity contribution is 0.340. The van der Waals surface area contributed by atoms with Gasteiger partial charge in [-0.05, 0) is 49.0 Å². The van der Waals surface area contributed by atoms with Crippen molar-refractivity contribution in [3.63, 3.8) is 0 Å². The molecule has 0 bridgehead atoms. The van der Waals surface area contributed by atoms with Gasteiger partial charge >= 0.3 is 0 Å². The Morgan fingerprint density at radius 2 is 2.00 bits per heavy atom. The quantitative estimate of drug-likeness (QED) is 0.750. The number of aromatic amines is 1. The molecule has 22 heavy (non-hydrogen) atoms. The van der Waals surface area contributed by atoms with Crippen LogP contribution in [0.4, 0.5) is 0 Å². The second kappa shape index (κ2) is 6.15. The molecule has 3 rings (SSSR count). The normalized spacial score (nSPS) is 10.8. The Bertz CT molecular complexity index is 928. The maximum atomic E-state index is 12.6. The van der Waals surface area contributed by atoms with Crippen molar-refractivity contribution in [2.24, 2.45) is 0 Å². The highest BCUT2D eigenvalue weighted by Crippen LogP contribution is 2.14. The van der Waals surface area contributed by atoms with E-state index in [-0.39, 0.29) is 5.56 Å². The van der Waals surface area contributed by atoms with Crippen molar-refractivity contribution < 1.29 is 4.74 Å². The van der Waals surface area contributed by atoms with Gasteiger partial charge in [0, 0.05) is 0 Å². The van der Waals surface area contributed by atoms with Crippen LogP contribution in [0.3, 0.4) is 0 Å². The number of ether oxygens (including phenoxy) is 1. The smallest absolute Gasteiger partial charge is 0.262 e. The maximum Gasteiger partial charge on any atom is 0.262 e. The van der Waals surface area contributed by atoms with Crippen molar-refractivity contribution in [1.29, 1.82) is 0 Å². The fourth-order valence-electron chi connectivity index (χ4n) is 2.43. The van der Waals surface area contributed by atoms with E-state index in [1.54, 1.807) is 10.6 Å². The van der Waals surface area contributed by atoms with Crippen LogP contribution in [0.5, 0.6) is 5.75 Å². The molecule has 0 radical (unpaired) electrons. The summed E-state index contributed by atoms with van der Waals surface area (Å²) in [6.45, 7) is 2.97. The minimum Gasteiger partial charge on any atom is -0.494 e. The Kier molecular flexibility index (Phi) is 4.06. The zero-order valence-electron chi connectivity index (χ0n) is 12.2. The number of hydrogen-bond donors (Lipinski definition) is 1. The van der Waals surface area contributed by atoms with Gasteiger partial charge in [0.1, 0.15) is 5.75 Å². The van der Waals surface area contributed by atoms with Crippen LogP contribution in [0.25, 0.3) is 10.9 Å². The topological polar surface area (TPSA) is 47.0 Å². The Labute approximate surface area is 133 Å². The first-order valence-corrected chi connectivity index (χ1v) is 7.53. The zero-order valence-corrected chi connectivity index (χ0v) is 13.0. The molecule has 0 fully saturated rings. The van der Waals surface area contributed by atoms with E-state index in [4.69, 9.17) is 17.0 Å². The van der Waals surface area contributed by atoms with Crippen LogP contribution < -0.4 is 10.3 Å². The monoisotopic (exact) mass is 312 g/mol. The number of hydrogen-bond acceptors (Lipinski definition) is 3. The molecule has 0 spiro atoms. The Balaban J connectivity index is 2.06. The van der Waals surface area contributed by atoms with Gasteiger partial charge in [-0.3, -0.25) is 9.36 Å². The zero-order chi connectivity index (χ0) is 15.5. The summed E-state index contributed by atoms with van der Waals surface area (Å²) in [6.07, 6.45) is 0. The van der Waals surface area contributed by atoms with Crippen LogP contribution >= 0.6 is 12.2 Å². The first-order valence-electron chi connectivity index (χ1n) is 7.12. The molecule has 0 aliphatic heterocycles. The highest BCUT2D eigenvalue weighted by atomic mass is 32.1. The van der Waals surface area contributed by atoms with Gasteiger partial charge < -0.3 is 9.72 Å². The summed E-state index contributed by atoms with van der Waals surface area (Å²) in [4.78, 5) is 15.7. The highest BCUT2D eigenvalue weighted by Gasteiger charge is 2.06. The molecule has 0 atom stereocenters. The molecule has 1 N–H and O–H groups in total. The molecular weight excluding hydrogens is 296 g/mol. The van der Waals surface area contributed by atoms with Gasteiger partial charge in [0.25, 0.3) is 5.56 Å². The standard InChI is InChI=1S/C17H16N2O2S/c1-2-21-13-7-5-6-12(10-13)11-19-16(20)14-8-3-4-9-15(14)18-17(19)22/h3-10H,2,11H2,1H3,(H,18,22). The largest absolute Gasteiger partial charge is 0.494 e. The van der Waals surface area contributed by atoms with Crippen LogP contribution in [0, 0.1) is 4.77 Å². The first-order chi connectivity index (χ1) is 10.7. The van der Waals surface area contributed by atoms with E-state index in [0.717, 1.165) is 16.8 Å². The summed E-state index contributed by atoms with van der Waals surface area (Å²) in [7, 11) is 0. The summed E-state index contributed by atoms with van der Waals surface area (Å²) >= 11 is 5.33. The molecule has 1 aromatic heterocycles. The van der Waals surface area contributed by atoms with Gasteiger partial charge in [-0.15, -0.1) is 0 Å². The van der Waals surface area contributed by atoms with Gasteiger partial charge in [0.05, 0.1) is 24.1 Å². The molecule has 1 heterocycles. The maximum absolute atomic E-state index is 12.6. The molecule has 0 amide bonds. The van der Waals surface area contributed by atoms with Crippen molar-refractivity contribution in [3.05, 3.63) is 69.2 Å². The third kappa shape index (κ3) is 2.80. The number of nitrogens with one attached hydrogen (secondary N) is 1. The molecule has 0 unspecified atom stereocenters. The summed E-state index contributed by atoms with van der Waals surface area (Å²) in [6, 6.07) is 15.1. The van der Waals surface area contributed by atoms with Gasteiger partial charge in [-0.1, -0.05) is 24.3 Å². The number of aromatic nitrogens is 2. The molecule has 2 aromatic carbocycles. The lowest BCUT2D eigenvalue weighted by atomic mass is 10.2. The van der Waals surface area contributed by atoms with E-state index in [0.29, 0.717) is 23.3 Å². The Hall–Kier alpha value is -2.40. The predicted molar refractivity (Wildman–Crippen MR) is 90.1 cm³/mol. The fourth-order valence-corrected chi connectivity index (χ4v) is 2.68. The molecule has 3 aromatic rings. The molecule has 0 aliphatic rings. The van der Waals surface area contributed by atoms with Gasteiger partial charge in [0.2, 0.25) is 0 Å². The van der Waals surface area contributed by atoms with Crippen molar-refractivity contribution in [1.82, 2.24) is 9.55 Å². The lowest BCUT2D eigenvalue weighted by Crippen LogP contribution is -2.22. The summed E-state index contributed by atoms with van der Waals surface area (Å²) in [5, 5.41) is 0.636. The summed E-state index contributed by atoms with van der Waals surface area (Å²) in [5.41, 5.74) is 1.65. The molecule has 0 aliphatic carbocycles. The molecule has 4 nitrogen and oxygen atoms in total. The Morgan fingerprint density at radius 1 is 1.18 bits per heavy atom. The second-order valence-electron chi connectivity index (χ2n) is 4.95. The molecule has 0 saturated carbocycles. The van der Waals surface area contributed by atoms with Crippen molar-refractivity contribution >= 4 is 23.1 Å². The summed E-state index contributed by atoms with van der Waals surface area (Å²) < 4.78 is 7.49. The van der Waals surface area contributed by atoms with E-state index in [1.165, 1.54) is 0 Å². The van der Waals surface area contributed by atoms with Crippen LogP contribution in [0.15, 0.2) is 53.3 Å². The van der Waals surface area contributed by atoms with E-state index in [2.05, 4.69) is 4.98 Å². The minimum atomic E-state index is -0.0823. The van der Waals surface area contributed by atoms with Gasteiger partial charge in [0.15, 0.2) is 4.77 Å². The molecule has 0 saturated heterocycles. The predicted octanol–water partition coefficient (Wildman–Crippen LogP) is 3.51. The number of rotatable bonds is 4. The van der Waals surface area contributed by atoms with Crippen LogP contribution in [0.2, 0.25) is 0 Å². The van der Waals surface area contributed by atoms with Crippen molar-refractivity contribution in [2.45, 2.75) is 13.5 Å². The van der Waals surface area contributed by atoms with Crippen molar-refractivity contribution in [3.8, 4) is 5.75 Å². The van der Waals surface area contributed by atoms with E-state index >= 15 is 0 Å².